The van der Waals surface area contributed by atoms with Gasteiger partial charge in [-0.1, -0.05) is 30.7 Å². The van der Waals surface area contributed by atoms with Gasteiger partial charge in [0, 0.05) is 23.2 Å². The van der Waals surface area contributed by atoms with Crippen molar-refractivity contribution in [2.45, 2.75) is 32.9 Å². The van der Waals surface area contributed by atoms with Gasteiger partial charge in [0.25, 0.3) is 0 Å². The molecule has 3 nitrogen and oxygen atoms in total. The van der Waals surface area contributed by atoms with Crippen LogP contribution in [-0.2, 0) is 19.6 Å². The molecule has 1 N–H and O–H groups in total. The summed E-state index contributed by atoms with van der Waals surface area (Å²) in [6.07, 6.45) is 3.97. The Morgan fingerprint density at radius 3 is 2.62 bits per heavy atom. The highest BCUT2D eigenvalue weighted by molar-refractivity contribution is 6.30. The molecule has 0 unspecified atom stereocenters. The normalized spacial score (nSPS) is 11.2. The molecule has 3 rings (SSSR count). The second-order valence-electron chi connectivity index (χ2n) is 6.39. The lowest BCUT2D eigenvalue weighted by Gasteiger charge is -2.11. The van der Waals surface area contributed by atoms with Crippen molar-refractivity contribution in [3.05, 3.63) is 64.6 Å². The lowest BCUT2D eigenvalue weighted by Crippen LogP contribution is -2.10. The molecule has 0 saturated heterocycles. The molecule has 0 atom stereocenters. The maximum Gasteiger partial charge on any atom is 0.165 e. The van der Waals surface area contributed by atoms with E-state index in [9.17, 15) is 4.39 Å². The number of halogens is 2. The van der Waals surface area contributed by atoms with Gasteiger partial charge in [0.05, 0.1) is 5.52 Å². The summed E-state index contributed by atoms with van der Waals surface area (Å²) in [6.45, 7) is 4.18. The highest BCUT2D eigenvalue weighted by Crippen LogP contribution is 2.34. The smallest absolute Gasteiger partial charge is 0.165 e. The average molecular weight is 375 g/mol. The average Bonchev–Trinajstić information content (AvgIpc) is 2.98. The molecule has 1 aromatic heterocycles. The van der Waals surface area contributed by atoms with Crippen LogP contribution in [-0.4, -0.2) is 18.2 Å². The summed E-state index contributed by atoms with van der Waals surface area (Å²) in [5, 5.41) is 4.71. The first-order valence-electron chi connectivity index (χ1n) is 8.96. The van der Waals surface area contributed by atoms with Crippen LogP contribution < -0.4 is 10.1 Å². The molecule has 0 fully saturated rings. The minimum atomic E-state index is -0.327. The molecule has 0 aliphatic carbocycles. The quantitative estimate of drug-likeness (QED) is 0.587. The Hall–Kier alpha value is -2.04. The Morgan fingerprint density at radius 2 is 1.92 bits per heavy atom. The van der Waals surface area contributed by atoms with Gasteiger partial charge >= 0.3 is 0 Å². The fraction of sp³-hybridized carbons (Fsp3) is 0.333. The first-order chi connectivity index (χ1) is 12.6. The van der Waals surface area contributed by atoms with Crippen molar-refractivity contribution in [1.82, 2.24) is 9.88 Å². The summed E-state index contributed by atoms with van der Waals surface area (Å²) in [6, 6.07) is 10.8. The summed E-state index contributed by atoms with van der Waals surface area (Å²) >= 11 is 5.92. The maximum atomic E-state index is 14.6. The van der Waals surface area contributed by atoms with E-state index < -0.39 is 0 Å². The van der Waals surface area contributed by atoms with Crippen molar-refractivity contribution in [2.75, 3.05) is 13.6 Å². The Balaban J connectivity index is 1.98. The molecule has 0 amide bonds. The van der Waals surface area contributed by atoms with Crippen LogP contribution >= 0.6 is 11.6 Å². The van der Waals surface area contributed by atoms with Gasteiger partial charge in [-0.2, -0.15) is 0 Å². The van der Waals surface area contributed by atoms with Gasteiger partial charge in [-0.05, 0) is 61.8 Å². The zero-order valence-corrected chi connectivity index (χ0v) is 15.9. The first kappa shape index (κ1) is 18.7. The van der Waals surface area contributed by atoms with E-state index in [4.69, 9.17) is 16.3 Å². The Kier molecular flexibility index (Phi) is 6.17. The van der Waals surface area contributed by atoms with E-state index in [1.165, 1.54) is 6.07 Å². The highest BCUT2D eigenvalue weighted by Gasteiger charge is 2.17. The first-order valence-corrected chi connectivity index (χ1v) is 9.34. The number of fused-ring (bicyclic) bond motifs is 1. The number of hydrogen-bond donors (Lipinski definition) is 1. The minimum absolute atomic E-state index is 0.303. The van der Waals surface area contributed by atoms with Gasteiger partial charge < -0.3 is 14.6 Å². The molecule has 0 aliphatic rings. The molecule has 3 aromatic rings. The fourth-order valence-corrected chi connectivity index (χ4v) is 3.30. The van der Waals surface area contributed by atoms with E-state index in [1.54, 1.807) is 0 Å². The summed E-state index contributed by atoms with van der Waals surface area (Å²) in [5.74, 6) is 0.00447. The van der Waals surface area contributed by atoms with Crippen LogP contribution in [0.25, 0.3) is 10.9 Å². The monoisotopic (exact) mass is 374 g/mol. The molecule has 0 aliphatic heterocycles. The molecule has 0 saturated carbocycles. The third kappa shape index (κ3) is 4.02. The van der Waals surface area contributed by atoms with Crippen molar-refractivity contribution in [3.8, 4) is 5.75 Å². The Bertz CT molecular complexity index is 874. The molecule has 0 spiro atoms. The third-order valence-electron chi connectivity index (χ3n) is 4.44. The van der Waals surface area contributed by atoms with Crippen molar-refractivity contribution in [1.29, 1.82) is 0 Å². The maximum absolute atomic E-state index is 14.6. The molecule has 5 heteroatoms. The highest BCUT2D eigenvalue weighted by atomic mass is 35.5. The zero-order valence-electron chi connectivity index (χ0n) is 15.2. The summed E-state index contributed by atoms with van der Waals surface area (Å²) < 4.78 is 22.7. The lowest BCUT2D eigenvalue weighted by molar-refractivity contribution is 0.294. The lowest BCUT2D eigenvalue weighted by atomic mass is 10.1. The molecule has 0 radical (unpaired) electrons. The van der Waals surface area contributed by atoms with Crippen LogP contribution in [0.1, 0.15) is 24.5 Å². The number of ether oxygens (including phenoxy) is 1. The number of benzene rings is 2. The van der Waals surface area contributed by atoms with Crippen LogP contribution in [0.2, 0.25) is 5.02 Å². The van der Waals surface area contributed by atoms with Gasteiger partial charge in [-0.3, -0.25) is 0 Å². The standard InChI is InChI=1S/C21H24ClFN2O/c1-3-12-25-13-16(10-11-24-2)20-19(25)9-8-18(23)21(20)26-14-15-4-6-17(22)7-5-15/h4-9,13,24H,3,10-12,14H2,1-2H3. The minimum Gasteiger partial charge on any atom is -0.485 e. The number of likely N-dealkylation sites (N-methyl/N-ethyl adjacent to an activating group) is 1. The van der Waals surface area contributed by atoms with Gasteiger partial charge in [0.1, 0.15) is 6.61 Å². The van der Waals surface area contributed by atoms with Crippen molar-refractivity contribution in [2.24, 2.45) is 0 Å². The predicted octanol–water partition coefficient (Wildman–Crippen LogP) is 5.18. The third-order valence-corrected chi connectivity index (χ3v) is 4.69. The van der Waals surface area contributed by atoms with Crippen LogP contribution in [0, 0.1) is 5.82 Å². The second-order valence-corrected chi connectivity index (χ2v) is 6.82. The number of nitrogens with one attached hydrogen (secondary N) is 1. The fourth-order valence-electron chi connectivity index (χ4n) is 3.17. The van der Waals surface area contributed by atoms with E-state index in [1.807, 2.05) is 37.4 Å². The predicted molar refractivity (Wildman–Crippen MR) is 106 cm³/mol. The number of hydrogen-bond acceptors (Lipinski definition) is 2. The molecule has 1 heterocycles. The number of aromatic nitrogens is 1. The van der Waals surface area contributed by atoms with E-state index in [0.717, 1.165) is 48.0 Å². The number of rotatable bonds is 8. The SMILES string of the molecule is CCCn1cc(CCNC)c2c(OCc3ccc(Cl)cc3)c(F)ccc21. The van der Waals surface area contributed by atoms with E-state index in [0.29, 0.717) is 17.4 Å². The molecule has 2 aromatic carbocycles. The molecule has 26 heavy (non-hydrogen) atoms. The van der Waals surface area contributed by atoms with Crippen LogP contribution in [0.15, 0.2) is 42.6 Å². The molecular weight excluding hydrogens is 351 g/mol. The van der Waals surface area contributed by atoms with Crippen molar-refractivity contribution < 1.29 is 9.13 Å². The van der Waals surface area contributed by atoms with E-state index in [2.05, 4.69) is 23.0 Å². The van der Waals surface area contributed by atoms with E-state index in [-0.39, 0.29) is 5.82 Å². The largest absolute Gasteiger partial charge is 0.485 e. The van der Waals surface area contributed by atoms with Crippen molar-refractivity contribution in [3.63, 3.8) is 0 Å². The van der Waals surface area contributed by atoms with Gasteiger partial charge in [-0.15, -0.1) is 0 Å². The van der Waals surface area contributed by atoms with Crippen LogP contribution in [0.5, 0.6) is 5.75 Å². The van der Waals surface area contributed by atoms with Crippen LogP contribution in [0.3, 0.4) is 0 Å². The van der Waals surface area contributed by atoms with Crippen LogP contribution in [0.4, 0.5) is 4.39 Å². The molecule has 0 bridgehead atoms. The van der Waals surface area contributed by atoms with E-state index >= 15 is 0 Å². The summed E-state index contributed by atoms with van der Waals surface area (Å²) in [5.41, 5.74) is 3.08. The number of nitrogens with zero attached hydrogens (tertiary/aromatic N) is 1. The second kappa shape index (κ2) is 8.56. The van der Waals surface area contributed by atoms with Gasteiger partial charge in [0.2, 0.25) is 0 Å². The topological polar surface area (TPSA) is 26.2 Å². The van der Waals surface area contributed by atoms with Crippen molar-refractivity contribution >= 4 is 22.5 Å². The zero-order chi connectivity index (χ0) is 18.5. The molecular formula is C21H24ClFN2O. The Morgan fingerprint density at radius 1 is 1.15 bits per heavy atom. The number of aryl methyl sites for hydroxylation is 1. The molecule has 138 valence electrons. The van der Waals surface area contributed by atoms with Gasteiger partial charge in [0.15, 0.2) is 11.6 Å². The Labute approximate surface area is 158 Å². The summed E-state index contributed by atoms with van der Waals surface area (Å²) in [7, 11) is 1.92. The van der Waals surface area contributed by atoms with Gasteiger partial charge in [-0.25, -0.2) is 4.39 Å². The summed E-state index contributed by atoms with van der Waals surface area (Å²) in [4.78, 5) is 0.